The molecule has 1 aliphatic rings. The molecule has 31 heavy (non-hydrogen) atoms. The molecule has 6 nitrogen and oxygen atoms in total. The van der Waals surface area contributed by atoms with E-state index in [1.807, 2.05) is 42.5 Å². The Morgan fingerprint density at radius 3 is 2.55 bits per heavy atom. The molecule has 6 heteroatoms. The van der Waals surface area contributed by atoms with E-state index in [1.165, 1.54) is 0 Å². The summed E-state index contributed by atoms with van der Waals surface area (Å²) in [4.78, 5) is 23.5. The van der Waals surface area contributed by atoms with Gasteiger partial charge in [-0.15, -0.1) is 0 Å². The summed E-state index contributed by atoms with van der Waals surface area (Å²) in [7, 11) is 1.62. The van der Waals surface area contributed by atoms with E-state index in [-0.39, 0.29) is 5.91 Å². The maximum absolute atomic E-state index is 12.5. The van der Waals surface area contributed by atoms with Crippen LogP contribution in [0.3, 0.4) is 0 Å². The first kappa shape index (κ1) is 20.7. The van der Waals surface area contributed by atoms with Gasteiger partial charge in [-0.3, -0.25) is 19.7 Å². The van der Waals surface area contributed by atoms with Gasteiger partial charge < -0.3 is 5.32 Å². The molecule has 1 amide bonds. The smallest absolute Gasteiger partial charge is 0.253 e. The summed E-state index contributed by atoms with van der Waals surface area (Å²) >= 11 is 0. The molecule has 2 heterocycles. The summed E-state index contributed by atoms with van der Waals surface area (Å²) in [5, 5.41) is 14.6. The van der Waals surface area contributed by atoms with E-state index in [0.717, 1.165) is 48.0 Å². The molecule has 156 valence electrons. The number of fused-ring (bicyclic) bond motifs is 1. The Balaban J connectivity index is 1.64. The minimum atomic E-state index is -0.538. The van der Waals surface area contributed by atoms with E-state index in [0.29, 0.717) is 17.8 Å². The van der Waals surface area contributed by atoms with Crippen LogP contribution in [0.15, 0.2) is 59.7 Å². The largest absolute Gasteiger partial charge is 0.355 e. The normalized spacial score (nSPS) is 15.9. The van der Waals surface area contributed by atoms with Crippen molar-refractivity contribution >= 4 is 29.1 Å². The van der Waals surface area contributed by atoms with Crippen LogP contribution >= 0.6 is 0 Å². The van der Waals surface area contributed by atoms with Crippen LogP contribution in [-0.2, 0) is 12.0 Å². The number of rotatable bonds is 5. The van der Waals surface area contributed by atoms with Crippen molar-refractivity contribution in [1.82, 2.24) is 15.2 Å². The molecule has 0 saturated carbocycles. The lowest BCUT2D eigenvalue weighted by Gasteiger charge is -2.37. The van der Waals surface area contributed by atoms with Crippen LogP contribution in [0.2, 0.25) is 0 Å². The predicted octanol–water partition coefficient (Wildman–Crippen LogP) is 3.98. The number of aliphatic imine (C=N–C) groups is 1. The summed E-state index contributed by atoms with van der Waals surface area (Å²) in [6, 6.07) is 18.2. The molecule has 1 saturated heterocycles. The highest BCUT2D eigenvalue weighted by Gasteiger charge is 2.37. The van der Waals surface area contributed by atoms with Gasteiger partial charge in [0.05, 0.1) is 23.0 Å². The number of aromatic nitrogens is 1. The highest BCUT2D eigenvalue weighted by molar-refractivity contribution is 6.08. The molecule has 1 aromatic heterocycles. The van der Waals surface area contributed by atoms with E-state index < -0.39 is 5.41 Å². The van der Waals surface area contributed by atoms with Crippen molar-refractivity contribution in [2.45, 2.75) is 24.8 Å². The molecule has 0 bridgehead atoms. The Morgan fingerprint density at radius 1 is 1.23 bits per heavy atom. The van der Waals surface area contributed by atoms with E-state index in [4.69, 9.17) is 0 Å². The Morgan fingerprint density at radius 2 is 1.94 bits per heavy atom. The van der Waals surface area contributed by atoms with Gasteiger partial charge >= 0.3 is 0 Å². The maximum atomic E-state index is 12.5. The number of likely N-dealkylation sites (tertiary alicyclic amines) is 1. The van der Waals surface area contributed by atoms with Crippen LogP contribution in [-0.4, -0.2) is 42.6 Å². The maximum Gasteiger partial charge on any atom is 0.253 e. The zero-order valence-corrected chi connectivity index (χ0v) is 17.6. The Bertz CT molecular complexity index is 1160. The van der Waals surface area contributed by atoms with Gasteiger partial charge in [0.15, 0.2) is 0 Å². The number of amides is 1. The molecule has 1 N–H and O–H groups in total. The number of hydrogen-bond donors (Lipinski definition) is 1. The zero-order chi connectivity index (χ0) is 21.8. The lowest BCUT2D eigenvalue weighted by atomic mass is 9.76. The lowest BCUT2D eigenvalue weighted by Crippen LogP contribution is -2.42. The number of piperidine rings is 1. The van der Waals surface area contributed by atoms with Crippen molar-refractivity contribution in [2.24, 2.45) is 4.99 Å². The summed E-state index contributed by atoms with van der Waals surface area (Å²) in [6.07, 6.45) is 3.21. The molecule has 1 fully saturated rings. The van der Waals surface area contributed by atoms with Gasteiger partial charge in [-0.1, -0.05) is 30.3 Å². The van der Waals surface area contributed by atoms with Crippen molar-refractivity contribution in [3.63, 3.8) is 0 Å². The number of pyridine rings is 1. The van der Waals surface area contributed by atoms with Crippen LogP contribution in [0.5, 0.6) is 0 Å². The third-order valence-electron chi connectivity index (χ3n) is 6.20. The number of benzene rings is 2. The van der Waals surface area contributed by atoms with Crippen molar-refractivity contribution in [3.8, 4) is 6.07 Å². The van der Waals surface area contributed by atoms with Crippen LogP contribution in [0.25, 0.3) is 10.8 Å². The number of nitrogens with one attached hydrogen (secondary N) is 1. The topological polar surface area (TPSA) is 81.4 Å². The zero-order valence-electron chi connectivity index (χ0n) is 17.6. The molecule has 0 unspecified atom stereocenters. The van der Waals surface area contributed by atoms with Crippen molar-refractivity contribution in [3.05, 3.63) is 71.5 Å². The van der Waals surface area contributed by atoms with Gasteiger partial charge in [0.1, 0.15) is 5.41 Å². The fraction of sp³-hybridized carbons (Fsp3) is 0.280. The molecule has 1 aliphatic heterocycles. The fourth-order valence-corrected chi connectivity index (χ4v) is 4.45. The SMILES string of the molecule is C=Nc1c(C(=O)NC)cc(CN2CCC(C#N)(c3ccccn3)CC2)c2ccccc12. The fourth-order valence-electron chi connectivity index (χ4n) is 4.45. The van der Waals surface area contributed by atoms with Gasteiger partial charge in [0, 0.05) is 38.3 Å². The Kier molecular flexibility index (Phi) is 5.79. The van der Waals surface area contributed by atoms with Gasteiger partial charge in [-0.2, -0.15) is 5.26 Å². The second kappa shape index (κ2) is 8.66. The van der Waals surface area contributed by atoms with Gasteiger partial charge in [-0.05, 0) is 48.7 Å². The molecular formula is C25H25N5O. The summed E-state index contributed by atoms with van der Waals surface area (Å²) in [5.41, 5.74) is 2.53. The summed E-state index contributed by atoms with van der Waals surface area (Å²) in [6.45, 7) is 5.95. The minimum Gasteiger partial charge on any atom is -0.355 e. The predicted molar refractivity (Wildman–Crippen MR) is 123 cm³/mol. The highest BCUT2D eigenvalue weighted by Crippen LogP contribution is 2.36. The van der Waals surface area contributed by atoms with Crippen LogP contribution in [0, 0.1) is 11.3 Å². The number of carbonyl (C=O) groups excluding carboxylic acids is 1. The van der Waals surface area contributed by atoms with Crippen LogP contribution in [0.1, 0.15) is 34.5 Å². The molecule has 0 radical (unpaired) electrons. The van der Waals surface area contributed by atoms with E-state index in [2.05, 4.69) is 39.0 Å². The third-order valence-corrected chi connectivity index (χ3v) is 6.20. The number of nitriles is 1. The molecule has 0 aliphatic carbocycles. The molecule has 3 aromatic rings. The second-order valence-electron chi connectivity index (χ2n) is 7.90. The van der Waals surface area contributed by atoms with Crippen LogP contribution < -0.4 is 5.32 Å². The monoisotopic (exact) mass is 411 g/mol. The second-order valence-corrected chi connectivity index (χ2v) is 7.90. The quantitative estimate of drug-likeness (QED) is 0.644. The standard InChI is InChI=1S/C25H25N5O/c1-27-23-20-8-4-3-7-19(20)18(15-21(23)24(31)28-2)16-30-13-10-25(17-26,11-14-30)22-9-5-6-12-29-22/h3-9,12,15H,1,10-11,13-14,16H2,2H3,(H,28,31). The number of hydrogen-bond acceptors (Lipinski definition) is 5. The Labute approximate surface area is 182 Å². The van der Waals surface area contributed by atoms with Gasteiger partial charge in [0.2, 0.25) is 0 Å². The van der Waals surface area contributed by atoms with E-state index in [1.54, 1.807) is 13.2 Å². The van der Waals surface area contributed by atoms with E-state index in [9.17, 15) is 10.1 Å². The van der Waals surface area contributed by atoms with E-state index >= 15 is 0 Å². The molecule has 0 spiro atoms. The summed E-state index contributed by atoms with van der Waals surface area (Å²) < 4.78 is 0. The highest BCUT2D eigenvalue weighted by atomic mass is 16.1. The van der Waals surface area contributed by atoms with Crippen molar-refractivity contribution < 1.29 is 4.79 Å². The first-order valence-electron chi connectivity index (χ1n) is 10.4. The van der Waals surface area contributed by atoms with Gasteiger partial charge in [0.25, 0.3) is 5.91 Å². The number of nitrogens with zero attached hydrogens (tertiary/aromatic N) is 4. The first-order valence-corrected chi connectivity index (χ1v) is 10.4. The number of carbonyl (C=O) groups is 1. The Hall–Kier alpha value is -3.56. The summed E-state index contributed by atoms with van der Waals surface area (Å²) in [5.74, 6) is -0.174. The first-order chi connectivity index (χ1) is 15.1. The molecule has 0 atom stereocenters. The molecular weight excluding hydrogens is 386 g/mol. The van der Waals surface area contributed by atoms with Crippen molar-refractivity contribution in [2.75, 3.05) is 20.1 Å². The minimum absolute atomic E-state index is 0.174. The van der Waals surface area contributed by atoms with Crippen molar-refractivity contribution in [1.29, 1.82) is 5.26 Å². The van der Waals surface area contributed by atoms with Gasteiger partial charge in [-0.25, -0.2) is 0 Å². The average molecular weight is 412 g/mol. The average Bonchev–Trinajstić information content (AvgIpc) is 2.84. The van der Waals surface area contributed by atoms with Crippen LogP contribution in [0.4, 0.5) is 5.69 Å². The molecule has 4 rings (SSSR count). The molecule has 2 aromatic carbocycles. The lowest BCUT2D eigenvalue weighted by molar-refractivity contribution is 0.0963. The third kappa shape index (κ3) is 3.80.